The minimum Gasteiger partial charge on any atom is -0.384 e. The van der Waals surface area contributed by atoms with Gasteiger partial charge in [0.15, 0.2) is 0 Å². The van der Waals surface area contributed by atoms with Crippen LogP contribution in [0.4, 0.5) is 5.82 Å². The number of carbonyl (C=O) groups excluding carboxylic acids is 1. The Balaban J connectivity index is 2.30. The second kappa shape index (κ2) is 5.46. The second-order valence-corrected chi connectivity index (χ2v) is 5.26. The van der Waals surface area contributed by atoms with Crippen LogP contribution in [0.1, 0.15) is 24.2 Å². The van der Waals surface area contributed by atoms with Crippen molar-refractivity contribution in [2.75, 3.05) is 19.4 Å². The summed E-state index contributed by atoms with van der Waals surface area (Å²) in [7, 11) is 1.62. The molecule has 3 N–H and O–H groups in total. The number of hydrogen-bond acceptors (Lipinski definition) is 4. The Morgan fingerprint density at radius 1 is 1.40 bits per heavy atom. The molecule has 0 radical (unpaired) electrons. The molecule has 0 bridgehead atoms. The Hall–Kier alpha value is -2.14. The second-order valence-electron chi connectivity index (χ2n) is 5.26. The first-order chi connectivity index (χ1) is 9.43. The lowest BCUT2D eigenvalue weighted by molar-refractivity contribution is 0.0229. The predicted octanol–water partition coefficient (Wildman–Crippen LogP) is 1.97. The van der Waals surface area contributed by atoms with Crippen LogP contribution in [0.3, 0.4) is 0 Å². The van der Waals surface area contributed by atoms with Gasteiger partial charge in [-0.1, -0.05) is 18.2 Å². The van der Waals surface area contributed by atoms with Gasteiger partial charge in [-0.25, -0.2) is 4.98 Å². The molecule has 106 valence electrons. The highest BCUT2D eigenvalue weighted by Gasteiger charge is 2.19. The molecule has 5 heteroatoms. The summed E-state index contributed by atoms with van der Waals surface area (Å²) in [5, 5.41) is 3.65. The van der Waals surface area contributed by atoms with Crippen LogP contribution in [0.5, 0.6) is 0 Å². The van der Waals surface area contributed by atoms with Crippen LogP contribution in [-0.4, -0.2) is 30.1 Å². The molecule has 20 heavy (non-hydrogen) atoms. The van der Waals surface area contributed by atoms with Gasteiger partial charge in [0.25, 0.3) is 5.91 Å². The Labute approximate surface area is 118 Å². The summed E-state index contributed by atoms with van der Waals surface area (Å²) in [6.07, 6.45) is 0. The minimum absolute atomic E-state index is 0.180. The number of anilines is 1. The number of hydrogen-bond donors (Lipinski definition) is 2. The average Bonchev–Trinajstić information content (AvgIpc) is 2.44. The number of methoxy groups -OCH3 is 1. The zero-order chi connectivity index (χ0) is 14.8. The first-order valence-corrected chi connectivity index (χ1v) is 6.41. The van der Waals surface area contributed by atoms with Crippen molar-refractivity contribution in [1.29, 1.82) is 0 Å². The van der Waals surface area contributed by atoms with Crippen molar-refractivity contribution in [2.24, 2.45) is 0 Å². The van der Waals surface area contributed by atoms with Gasteiger partial charge in [0.05, 0.1) is 16.7 Å². The van der Waals surface area contributed by atoms with E-state index in [4.69, 9.17) is 10.5 Å². The third-order valence-corrected chi connectivity index (χ3v) is 3.21. The molecule has 2 aromatic rings. The van der Waals surface area contributed by atoms with Gasteiger partial charge in [-0.2, -0.15) is 0 Å². The summed E-state index contributed by atoms with van der Waals surface area (Å²) in [4.78, 5) is 16.5. The van der Waals surface area contributed by atoms with Crippen LogP contribution >= 0.6 is 0 Å². The molecule has 0 aliphatic heterocycles. The first kappa shape index (κ1) is 14.3. The average molecular weight is 273 g/mol. The Morgan fingerprint density at radius 3 is 2.80 bits per heavy atom. The van der Waals surface area contributed by atoms with Crippen LogP contribution in [0.2, 0.25) is 0 Å². The van der Waals surface area contributed by atoms with Crippen molar-refractivity contribution < 1.29 is 9.53 Å². The molecule has 1 aromatic heterocycles. The fourth-order valence-electron chi connectivity index (χ4n) is 1.84. The number of para-hydroxylation sites is 1. The standard InChI is InChI=1S/C15H19N3O2/c1-15(2,20-3)9-17-14(19)11-8-13(16)18-12-7-5-4-6-10(11)12/h4-8H,9H2,1-3H3,(H2,16,18)(H,17,19). The van der Waals surface area contributed by atoms with Gasteiger partial charge < -0.3 is 15.8 Å². The number of benzene rings is 1. The van der Waals surface area contributed by atoms with E-state index in [1.54, 1.807) is 13.2 Å². The number of rotatable bonds is 4. The molecule has 0 spiro atoms. The van der Waals surface area contributed by atoms with E-state index in [9.17, 15) is 4.79 Å². The minimum atomic E-state index is -0.413. The van der Waals surface area contributed by atoms with Crippen LogP contribution in [-0.2, 0) is 4.74 Å². The van der Waals surface area contributed by atoms with Crippen molar-refractivity contribution in [3.8, 4) is 0 Å². The summed E-state index contributed by atoms with van der Waals surface area (Å²) in [6.45, 7) is 4.23. The fourth-order valence-corrected chi connectivity index (χ4v) is 1.84. The van der Waals surface area contributed by atoms with Crippen molar-refractivity contribution in [2.45, 2.75) is 19.4 Å². The van der Waals surface area contributed by atoms with E-state index in [0.29, 0.717) is 23.4 Å². The number of aromatic nitrogens is 1. The Morgan fingerprint density at radius 2 is 2.10 bits per heavy atom. The molecule has 1 aromatic carbocycles. The zero-order valence-electron chi connectivity index (χ0n) is 11.9. The topological polar surface area (TPSA) is 77.2 Å². The highest BCUT2D eigenvalue weighted by molar-refractivity contribution is 6.06. The number of carbonyl (C=O) groups is 1. The van der Waals surface area contributed by atoms with Crippen LogP contribution in [0.15, 0.2) is 30.3 Å². The molecular formula is C15H19N3O2. The summed E-state index contributed by atoms with van der Waals surface area (Å²) in [6, 6.07) is 9.03. The summed E-state index contributed by atoms with van der Waals surface area (Å²) >= 11 is 0. The molecule has 0 aliphatic carbocycles. The molecule has 0 unspecified atom stereocenters. The normalized spacial score (nSPS) is 11.6. The molecule has 1 heterocycles. The first-order valence-electron chi connectivity index (χ1n) is 6.41. The van der Waals surface area contributed by atoms with Crippen LogP contribution in [0, 0.1) is 0 Å². The van der Waals surface area contributed by atoms with Gasteiger partial charge in [0.1, 0.15) is 5.82 Å². The number of fused-ring (bicyclic) bond motifs is 1. The van der Waals surface area contributed by atoms with Crippen molar-refractivity contribution in [3.63, 3.8) is 0 Å². The van der Waals surface area contributed by atoms with Gasteiger partial charge in [0.2, 0.25) is 0 Å². The van der Waals surface area contributed by atoms with Crippen LogP contribution in [0.25, 0.3) is 10.9 Å². The lowest BCUT2D eigenvalue weighted by atomic mass is 10.1. The molecule has 0 aliphatic rings. The molecule has 1 amide bonds. The summed E-state index contributed by atoms with van der Waals surface area (Å²) in [5.41, 5.74) is 6.58. The number of nitrogens with two attached hydrogens (primary N) is 1. The zero-order valence-corrected chi connectivity index (χ0v) is 11.9. The maximum absolute atomic E-state index is 12.3. The van der Waals surface area contributed by atoms with Gasteiger partial charge in [-0.05, 0) is 26.0 Å². The molecule has 0 fully saturated rings. The van der Waals surface area contributed by atoms with Gasteiger partial charge in [-0.3, -0.25) is 4.79 Å². The maximum Gasteiger partial charge on any atom is 0.252 e. The maximum atomic E-state index is 12.3. The van der Waals surface area contributed by atoms with E-state index in [1.165, 1.54) is 0 Å². The predicted molar refractivity (Wildman–Crippen MR) is 79.6 cm³/mol. The number of pyridine rings is 1. The Bertz CT molecular complexity index is 638. The van der Waals surface area contributed by atoms with Gasteiger partial charge in [-0.15, -0.1) is 0 Å². The van der Waals surface area contributed by atoms with Crippen LogP contribution < -0.4 is 11.1 Å². The molecule has 0 atom stereocenters. The number of nitrogens with zero attached hydrogens (tertiary/aromatic N) is 1. The van der Waals surface area contributed by atoms with E-state index >= 15 is 0 Å². The smallest absolute Gasteiger partial charge is 0.252 e. The molecule has 2 rings (SSSR count). The monoisotopic (exact) mass is 273 g/mol. The van der Waals surface area contributed by atoms with Crippen molar-refractivity contribution in [3.05, 3.63) is 35.9 Å². The van der Waals surface area contributed by atoms with Gasteiger partial charge in [0, 0.05) is 19.0 Å². The molecule has 5 nitrogen and oxygen atoms in total. The van der Waals surface area contributed by atoms with E-state index in [-0.39, 0.29) is 5.91 Å². The molecular weight excluding hydrogens is 254 g/mol. The fraction of sp³-hybridized carbons (Fsp3) is 0.333. The van der Waals surface area contributed by atoms with E-state index in [0.717, 1.165) is 5.39 Å². The van der Waals surface area contributed by atoms with Crippen molar-refractivity contribution in [1.82, 2.24) is 10.3 Å². The Kier molecular flexibility index (Phi) is 3.90. The largest absolute Gasteiger partial charge is 0.384 e. The number of ether oxygens (including phenoxy) is 1. The van der Waals surface area contributed by atoms with E-state index in [1.807, 2.05) is 38.1 Å². The lowest BCUT2D eigenvalue weighted by Gasteiger charge is -2.23. The van der Waals surface area contributed by atoms with Crippen molar-refractivity contribution >= 4 is 22.6 Å². The lowest BCUT2D eigenvalue weighted by Crippen LogP contribution is -2.39. The summed E-state index contributed by atoms with van der Waals surface area (Å²) in [5.74, 6) is 0.153. The van der Waals surface area contributed by atoms with Gasteiger partial charge >= 0.3 is 0 Å². The van der Waals surface area contributed by atoms with E-state index in [2.05, 4.69) is 10.3 Å². The third kappa shape index (κ3) is 3.05. The third-order valence-electron chi connectivity index (χ3n) is 3.21. The summed E-state index contributed by atoms with van der Waals surface area (Å²) < 4.78 is 5.28. The van der Waals surface area contributed by atoms with E-state index < -0.39 is 5.60 Å². The molecule has 0 saturated carbocycles. The highest BCUT2D eigenvalue weighted by atomic mass is 16.5. The number of nitrogens with one attached hydrogen (secondary N) is 1. The number of nitrogen functional groups attached to an aromatic ring is 1. The molecule has 0 saturated heterocycles. The SMILES string of the molecule is COC(C)(C)CNC(=O)c1cc(N)nc2ccccc12. The quantitative estimate of drug-likeness (QED) is 0.893. The highest BCUT2D eigenvalue weighted by Crippen LogP contribution is 2.19. The number of amides is 1.